The maximum Gasteiger partial charge on any atom is 0.340 e. The first-order chi connectivity index (χ1) is 24.9. The van der Waals surface area contributed by atoms with Crippen LogP contribution in [0.4, 0.5) is 0 Å². The van der Waals surface area contributed by atoms with Crippen molar-refractivity contribution in [3.05, 3.63) is 66.0 Å². The Bertz CT molecular complexity index is 1800. The lowest BCUT2D eigenvalue weighted by Crippen LogP contribution is -2.66. The van der Waals surface area contributed by atoms with Crippen LogP contribution in [0.3, 0.4) is 0 Å². The Balaban J connectivity index is 1.70. The molecule has 0 unspecified atom stereocenters. The number of fused-ring (bicyclic) bond motifs is 4. The van der Waals surface area contributed by atoms with Crippen molar-refractivity contribution < 1.29 is 57.6 Å². The third kappa shape index (κ3) is 6.20. The number of nitrogens with zero attached hydrogens (tertiary/aromatic N) is 1. The van der Waals surface area contributed by atoms with Crippen LogP contribution in [0.2, 0.25) is 0 Å². The van der Waals surface area contributed by atoms with Gasteiger partial charge in [-0.3, -0.25) is 24.2 Å². The van der Waals surface area contributed by atoms with E-state index in [2.05, 4.69) is 4.98 Å². The fourth-order valence-electron chi connectivity index (χ4n) is 10.1. The van der Waals surface area contributed by atoms with E-state index < -0.39 is 106 Å². The van der Waals surface area contributed by atoms with E-state index >= 15 is 4.79 Å². The maximum atomic E-state index is 15.6. The largest absolute Gasteiger partial charge is 0.465 e. The van der Waals surface area contributed by atoms with Gasteiger partial charge in [0.1, 0.15) is 30.5 Å². The first-order valence-electron chi connectivity index (χ1n) is 18.1. The number of pyridine rings is 1. The summed E-state index contributed by atoms with van der Waals surface area (Å²) in [5.41, 5.74) is -6.88. The highest BCUT2D eigenvalue weighted by Crippen LogP contribution is 2.76. The fourth-order valence-corrected chi connectivity index (χ4v) is 10.1. The fraction of sp³-hybridized carbons (Fsp3) is 0.575. The molecule has 2 aromatic rings. The number of benzene rings is 1. The molecule has 6 rings (SSSR count). The Morgan fingerprint density at radius 3 is 2.17 bits per heavy atom. The summed E-state index contributed by atoms with van der Waals surface area (Å²) in [5.74, 6) is -8.71. The summed E-state index contributed by atoms with van der Waals surface area (Å²) in [4.78, 5) is 86.9. The van der Waals surface area contributed by atoms with E-state index in [9.17, 15) is 29.1 Å². The summed E-state index contributed by atoms with van der Waals surface area (Å²) in [7, 11) is 0. The van der Waals surface area contributed by atoms with Crippen LogP contribution in [0.25, 0.3) is 0 Å². The zero-order chi connectivity index (χ0) is 38.7. The minimum absolute atomic E-state index is 0.0282. The molecule has 4 saturated carbocycles. The second-order valence-corrected chi connectivity index (χ2v) is 15.9. The van der Waals surface area contributed by atoms with Crippen molar-refractivity contribution in [3.63, 3.8) is 0 Å². The van der Waals surface area contributed by atoms with Crippen molar-refractivity contribution in [1.29, 1.82) is 0 Å². The first kappa shape index (κ1) is 38.1. The number of ketones is 1. The second-order valence-electron chi connectivity index (χ2n) is 15.9. The number of ether oxygens (including phenoxy) is 5. The van der Waals surface area contributed by atoms with E-state index in [-0.39, 0.29) is 36.3 Å². The molecule has 53 heavy (non-hydrogen) atoms. The molecule has 0 saturated heterocycles. The molecular formula is C40H47NO12. The van der Waals surface area contributed by atoms with Gasteiger partial charge in [0.05, 0.1) is 22.5 Å². The van der Waals surface area contributed by atoms with Crippen LogP contribution < -0.4 is 0 Å². The number of carbonyl (C=O) groups excluding carboxylic acids is 6. The van der Waals surface area contributed by atoms with Crippen molar-refractivity contribution in [2.24, 2.45) is 40.4 Å². The molecule has 0 amide bonds. The van der Waals surface area contributed by atoms with E-state index in [1.807, 2.05) is 13.8 Å². The Labute approximate surface area is 308 Å². The zero-order valence-corrected chi connectivity index (χ0v) is 31.0. The molecule has 0 radical (unpaired) electrons. The van der Waals surface area contributed by atoms with E-state index in [1.54, 1.807) is 32.0 Å². The summed E-state index contributed by atoms with van der Waals surface area (Å²) < 4.78 is 30.9. The number of esters is 5. The highest BCUT2D eigenvalue weighted by atomic mass is 16.6. The SMILES string of the molecule is CCC(=O)O[C@@H]1[C@@H]2[C@@H](OC(=O)c3ccccc3)[C@@]3(COC(C)=O)[C@@H]([C@@H]4[C@H](C[C@H]3OC(C)=O)C4(C)C)[C@](C)(OC(=O)c3cccnc3)C(=O)[C@@]2(O)C[C@@H]1C. The van der Waals surface area contributed by atoms with Gasteiger partial charge in [-0.2, -0.15) is 0 Å². The van der Waals surface area contributed by atoms with Gasteiger partial charge >= 0.3 is 29.8 Å². The van der Waals surface area contributed by atoms with Crippen molar-refractivity contribution in [3.8, 4) is 0 Å². The number of hydrogen-bond donors (Lipinski definition) is 1. The lowest BCUT2D eigenvalue weighted by molar-refractivity contribution is -0.227. The molecule has 4 fully saturated rings. The van der Waals surface area contributed by atoms with Crippen LogP contribution in [0.1, 0.15) is 88.4 Å². The molecule has 4 aliphatic carbocycles. The van der Waals surface area contributed by atoms with E-state index in [4.69, 9.17) is 23.7 Å². The number of Topliss-reactive ketones (excluding diaryl/α,β-unsaturated/α-hetero) is 1. The molecule has 13 nitrogen and oxygen atoms in total. The predicted molar refractivity (Wildman–Crippen MR) is 185 cm³/mol. The summed E-state index contributed by atoms with van der Waals surface area (Å²) >= 11 is 0. The van der Waals surface area contributed by atoms with Gasteiger partial charge in [-0.1, -0.05) is 45.9 Å². The molecule has 0 spiro atoms. The van der Waals surface area contributed by atoms with Gasteiger partial charge < -0.3 is 28.8 Å². The first-order valence-corrected chi connectivity index (χ1v) is 18.1. The van der Waals surface area contributed by atoms with Gasteiger partial charge in [-0.25, -0.2) is 9.59 Å². The van der Waals surface area contributed by atoms with Crippen LogP contribution in [0, 0.1) is 40.4 Å². The van der Waals surface area contributed by atoms with Crippen LogP contribution in [0.5, 0.6) is 0 Å². The van der Waals surface area contributed by atoms with Crippen LogP contribution >= 0.6 is 0 Å². The molecule has 0 aliphatic heterocycles. The minimum Gasteiger partial charge on any atom is -0.465 e. The average Bonchev–Trinajstić information content (AvgIpc) is 3.56. The summed E-state index contributed by atoms with van der Waals surface area (Å²) in [6.45, 7) is 10.5. The lowest BCUT2D eigenvalue weighted by Gasteiger charge is -2.55. The number of rotatable bonds is 9. The number of carbonyl (C=O) groups is 6. The van der Waals surface area contributed by atoms with E-state index in [0.717, 1.165) is 0 Å². The molecule has 13 heteroatoms. The molecule has 284 valence electrons. The molecule has 4 aliphatic rings. The molecule has 0 bridgehead atoms. The smallest absolute Gasteiger partial charge is 0.340 e. The summed E-state index contributed by atoms with van der Waals surface area (Å²) in [5, 5.41) is 13.0. The van der Waals surface area contributed by atoms with E-state index in [0.29, 0.717) is 0 Å². The van der Waals surface area contributed by atoms with Crippen LogP contribution in [-0.2, 0) is 42.9 Å². The van der Waals surface area contributed by atoms with Gasteiger partial charge in [-0.15, -0.1) is 0 Å². The van der Waals surface area contributed by atoms with Crippen molar-refractivity contribution in [2.45, 2.75) is 97.2 Å². The van der Waals surface area contributed by atoms with Gasteiger partial charge in [0.25, 0.3) is 0 Å². The number of hydrogen-bond acceptors (Lipinski definition) is 13. The number of aliphatic hydroxyl groups is 1. The van der Waals surface area contributed by atoms with Gasteiger partial charge in [0.2, 0.25) is 5.78 Å². The zero-order valence-electron chi connectivity index (χ0n) is 31.0. The summed E-state index contributed by atoms with van der Waals surface area (Å²) in [6, 6.07) is 11.1. The highest BCUT2D eigenvalue weighted by molar-refractivity contribution is 6.00. The van der Waals surface area contributed by atoms with Gasteiger partial charge in [-0.05, 0) is 67.2 Å². The van der Waals surface area contributed by atoms with Gasteiger partial charge in [0, 0.05) is 38.6 Å². The standard InChI is InChI=1S/C40H47NO12/c1-8-28(44)51-31-21(2)18-40(48)30(31)33(52-34(45)24-13-10-9-11-14-24)39(20-49-22(3)42)27(50-23(4)43)17-26-29(37(26,5)6)32(39)38(7,36(40)47)53-35(46)25-15-12-16-41-19-25/h9-16,19,21,26-27,29-33,48H,8,17-18,20H2,1-7H3/t21-,26-,27+,29-,30+,31-,32-,33+,38-,39+,40+/m0/s1. The summed E-state index contributed by atoms with van der Waals surface area (Å²) in [6.07, 6.45) is -1.35. The molecule has 1 aromatic heterocycles. The highest BCUT2D eigenvalue weighted by Gasteiger charge is 2.84. The topological polar surface area (TPSA) is 182 Å². The maximum absolute atomic E-state index is 15.6. The second kappa shape index (κ2) is 13.6. The van der Waals surface area contributed by atoms with Crippen molar-refractivity contribution >= 4 is 35.6 Å². The minimum atomic E-state index is -2.43. The van der Waals surface area contributed by atoms with Crippen molar-refractivity contribution in [1.82, 2.24) is 4.98 Å². The van der Waals surface area contributed by atoms with Crippen LogP contribution in [-0.4, -0.2) is 81.8 Å². The Hall–Kier alpha value is -4.65. The average molecular weight is 734 g/mol. The molecule has 1 N–H and O–H groups in total. The molecule has 1 aromatic carbocycles. The quantitative estimate of drug-likeness (QED) is 0.285. The third-order valence-corrected chi connectivity index (χ3v) is 12.4. The Kier molecular flexibility index (Phi) is 9.80. The Morgan fingerprint density at radius 2 is 1.57 bits per heavy atom. The lowest BCUT2D eigenvalue weighted by atomic mass is 9.55. The predicted octanol–water partition coefficient (Wildman–Crippen LogP) is 4.29. The van der Waals surface area contributed by atoms with Gasteiger partial charge in [0.15, 0.2) is 5.60 Å². The third-order valence-electron chi connectivity index (χ3n) is 12.4. The molecule has 1 heterocycles. The number of aromatic nitrogens is 1. The molecule has 11 atom stereocenters. The normalized spacial score (nSPS) is 36.3. The molecular weight excluding hydrogens is 686 g/mol. The monoisotopic (exact) mass is 733 g/mol. The van der Waals surface area contributed by atoms with Crippen LogP contribution in [0.15, 0.2) is 54.9 Å². The van der Waals surface area contributed by atoms with Crippen molar-refractivity contribution in [2.75, 3.05) is 6.61 Å². The van der Waals surface area contributed by atoms with E-state index in [1.165, 1.54) is 57.4 Å². The Morgan fingerprint density at radius 1 is 0.887 bits per heavy atom.